The van der Waals surface area contributed by atoms with E-state index in [2.05, 4.69) is 32.2 Å². The molecular weight excluding hydrogens is 351 g/mol. The lowest BCUT2D eigenvalue weighted by molar-refractivity contribution is -0.137. The molecule has 25 heavy (non-hydrogen) atoms. The zero-order chi connectivity index (χ0) is 18.5. The molecule has 0 saturated heterocycles. The molecule has 0 fully saturated rings. The van der Waals surface area contributed by atoms with E-state index in [0.29, 0.717) is 18.9 Å². The summed E-state index contributed by atoms with van der Waals surface area (Å²) in [5.74, 6) is 2.36. The summed E-state index contributed by atoms with van der Waals surface area (Å²) in [7, 11) is 1.72. The van der Waals surface area contributed by atoms with Gasteiger partial charge in [0.15, 0.2) is 5.96 Å². The molecule has 0 saturated carbocycles. The Morgan fingerprint density at radius 3 is 2.40 bits per heavy atom. The van der Waals surface area contributed by atoms with Crippen molar-refractivity contribution in [1.82, 2.24) is 15.6 Å². The average molecular weight is 377 g/mol. The number of halogens is 3. The number of aliphatic imine (C=N–C) groups is 1. The smallest absolute Gasteiger partial charge is 0.370 e. The summed E-state index contributed by atoms with van der Waals surface area (Å²) in [6, 6.07) is 2.36. The van der Waals surface area contributed by atoms with Gasteiger partial charge >= 0.3 is 6.18 Å². The van der Waals surface area contributed by atoms with Crippen molar-refractivity contribution in [2.45, 2.75) is 25.4 Å². The molecule has 0 unspecified atom stereocenters. The number of anilines is 1. The van der Waals surface area contributed by atoms with E-state index in [0.717, 1.165) is 43.4 Å². The number of alkyl halides is 3. The first kappa shape index (κ1) is 21.4. The van der Waals surface area contributed by atoms with Crippen LogP contribution < -0.4 is 16.0 Å². The van der Waals surface area contributed by atoms with Gasteiger partial charge < -0.3 is 16.0 Å². The van der Waals surface area contributed by atoms with Crippen LogP contribution in [0.15, 0.2) is 23.3 Å². The van der Waals surface area contributed by atoms with E-state index in [-0.39, 0.29) is 0 Å². The maximum Gasteiger partial charge on any atom is 0.417 e. The van der Waals surface area contributed by atoms with E-state index in [1.165, 1.54) is 12.5 Å². The van der Waals surface area contributed by atoms with Crippen molar-refractivity contribution in [3.8, 4) is 0 Å². The number of hydrogen-bond acceptors (Lipinski definition) is 4. The average Bonchev–Trinajstić information content (AvgIpc) is 2.59. The van der Waals surface area contributed by atoms with Crippen LogP contribution in [0.3, 0.4) is 0 Å². The third-order valence-electron chi connectivity index (χ3n) is 3.33. The van der Waals surface area contributed by atoms with Crippen LogP contribution in [0.5, 0.6) is 0 Å². The van der Waals surface area contributed by atoms with Gasteiger partial charge in [0.2, 0.25) is 0 Å². The van der Waals surface area contributed by atoms with E-state index < -0.39 is 11.7 Å². The highest BCUT2D eigenvalue weighted by atomic mass is 32.2. The van der Waals surface area contributed by atoms with Gasteiger partial charge in [-0.3, -0.25) is 4.99 Å². The van der Waals surface area contributed by atoms with Crippen molar-refractivity contribution in [3.05, 3.63) is 23.9 Å². The van der Waals surface area contributed by atoms with Gasteiger partial charge in [0.05, 0.1) is 5.56 Å². The molecule has 1 heterocycles. The fraction of sp³-hybridized carbons (Fsp3) is 0.625. The van der Waals surface area contributed by atoms with Gasteiger partial charge in [-0.2, -0.15) is 24.9 Å². The monoisotopic (exact) mass is 377 g/mol. The molecule has 1 rings (SSSR count). The number of hydrogen-bond donors (Lipinski definition) is 3. The first-order valence-electron chi connectivity index (χ1n) is 8.18. The second-order valence-corrected chi connectivity index (χ2v) is 6.32. The summed E-state index contributed by atoms with van der Waals surface area (Å²) in [4.78, 5) is 7.91. The Morgan fingerprint density at radius 2 is 1.84 bits per heavy atom. The van der Waals surface area contributed by atoms with Crippen LogP contribution in [0.2, 0.25) is 0 Å². The van der Waals surface area contributed by atoms with Crippen molar-refractivity contribution in [3.63, 3.8) is 0 Å². The number of nitrogens with one attached hydrogen (secondary N) is 3. The summed E-state index contributed by atoms with van der Waals surface area (Å²) < 4.78 is 37.3. The molecule has 3 N–H and O–H groups in total. The van der Waals surface area contributed by atoms with Gasteiger partial charge in [0.25, 0.3) is 0 Å². The number of nitrogens with zero attached hydrogens (tertiary/aromatic N) is 2. The van der Waals surface area contributed by atoms with Gasteiger partial charge in [0, 0.05) is 32.9 Å². The number of thioether (sulfide) groups is 1. The Bertz CT molecular complexity index is 505. The van der Waals surface area contributed by atoms with E-state index in [4.69, 9.17) is 0 Å². The van der Waals surface area contributed by atoms with E-state index in [1.807, 2.05) is 11.8 Å². The van der Waals surface area contributed by atoms with Crippen molar-refractivity contribution < 1.29 is 13.2 Å². The zero-order valence-electron chi connectivity index (χ0n) is 14.6. The number of pyridine rings is 1. The first-order valence-corrected chi connectivity index (χ1v) is 9.57. The zero-order valence-corrected chi connectivity index (χ0v) is 15.4. The molecule has 0 aliphatic rings. The maximum atomic E-state index is 12.4. The van der Waals surface area contributed by atoms with Crippen molar-refractivity contribution in [2.24, 2.45) is 4.99 Å². The highest BCUT2D eigenvalue weighted by Crippen LogP contribution is 2.28. The van der Waals surface area contributed by atoms with Crippen LogP contribution >= 0.6 is 11.8 Å². The van der Waals surface area contributed by atoms with Gasteiger partial charge in [-0.1, -0.05) is 0 Å². The topological polar surface area (TPSA) is 61.3 Å². The molecule has 142 valence electrons. The molecule has 0 aromatic carbocycles. The molecule has 0 amide bonds. The minimum absolute atomic E-state index is 0.435. The molecule has 0 aliphatic heterocycles. The molecule has 9 heteroatoms. The molecule has 1 aromatic heterocycles. The van der Waals surface area contributed by atoms with Crippen LogP contribution in [0.25, 0.3) is 0 Å². The molecule has 0 aliphatic carbocycles. The normalized spacial score (nSPS) is 12.1. The van der Waals surface area contributed by atoms with E-state index in [1.54, 1.807) is 7.05 Å². The Balaban J connectivity index is 2.16. The van der Waals surface area contributed by atoms with Crippen LogP contribution in [-0.2, 0) is 6.18 Å². The SMILES string of the molecule is CN=C(NCCCCSC)NCCCNc1ccc(C(F)(F)F)cn1. The first-order chi connectivity index (χ1) is 12.0. The summed E-state index contributed by atoms with van der Waals surface area (Å²) >= 11 is 1.84. The minimum atomic E-state index is -4.35. The molecule has 0 atom stereocenters. The predicted molar refractivity (Wildman–Crippen MR) is 99.3 cm³/mol. The maximum absolute atomic E-state index is 12.4. The molecule has 0 bridgehead atoms. The standard InChI is InChI=1S/C16H26F3N5S/c1-20-15(22-8-3-4-11-25-2)23-10-5-9-21-14-7-6-13(12-24-14)16(17,18)19/h6-7,12H,3-5,8-11H2,1-2H3,(H,21,24)(H2,20,22,23). The van der Waals surface area contributed by atoms with Crippen molar-refractivity contribution in [2.75, 3.05) is 44.0 Å². The lowest BCUT2D eigenvalue weighted by Gasteiger charge is -2.12. The van der Waals surface area contributed by atoms with Crippen molar-refractivity contribution >= 4 is 23.5 Å². The van der Waals surface area contributed by atoms with E-state index in [9.17, 15) is 13.2 Å². The molecule has 0 spiro atoms. The fourth-order valence-electron chi connectivity index (χ4n) is 1.98. The highest BCUT2D eigenvalue weighted by molar-refractivity contribution is 7.98. The van der Waals surface area contributed by atoms with Gasteiger partial charge in [-0.25, -0.2) is 4.98 Å². The fourth-order valence-corrected chi connectivity index (χ4v) is 2.47. The Hall–Kier alpha value is -1.64. The summed E-state index contributed by atoms with van der Waals surface area (Å²) in [6.07, 6.45) is 1.65. The third-order valence-corrected chi connectivity index (χ3v) is 4.03. The summed E-state index contributed by atoms with van der Waals surface area (Å²) in [5, 5.41) is 9.45. The van der Waals surface area contributed by atoms with Crippen LogP contribution in [-0.4, -0.2) is 49.6 Å². The number of rotatable bonds is 10. The number of aromatic nitrogens is 1. The quantitative estimate of drug-likeness (QED) is 0.332. The molecule has 1 aromatic rings. The summed E-state index contributed by atoms with van der Waals surface area (Å²) in [6.45, 7) is 2.20. The van der Waals surface area contributed by atoms with Gasteiger partial charge in [-0.05, 0) is 43.4 Å². The molecule has 5 nitrogen and oxygen atoms in total. The highest BCUT2D eigenvalue weighted by Gasteiger charge is 2.30. The summed E-state index contributed by atoms with van der Waals surface area (Å²) in [5.41, 5.74) is -0.743. The van der Waals surface area contributed by atoms with E-state index >= 15 is 0 Å². The van der Waals surface area contributed by atoms with Gasteiger partial charge in [0.1, 0.15) is 5.82 Å². The van der Waals surface area contributed by atoms with Gasteiger partial charge in [-0.15, -0.1) is 0 Å². The Kier molecular flexibility index (Phi) is 10.1. The van der Waals surface area contributed by atoms with Crippen LogP contribution in [0.1, 0.15) is 24.8 Å². The second-order valence-electron chi connectivity index (χ2n) is 5.34. The minimum Gasteiger partial charge on any atom is -0.370 e. The molecular formula is C16H26F3N5S. The second kappa shape index (κ2) is 11.8. The lowest BCUT2D eigenvalue weighted by Crippen LogP contribution is -2.38. The van der Waals surface area contributed by atoms with Crippen LogP contribution in [0, 0.1) is 0 Å². The Labute approximate surface area is 151 Å². The number of unbranched alkanes of at least 4 members (excludes halogenated alkanes) is 1. The largest absolute Gasteiger partial charge is 0.417 e. The predicted octanol–water partition coefficient (Wildman–Crippen LogP) is 3.21. The Morgan fingerprint density at radius 1 is 1.12 bits per heavy atom. The lowest BCUT2D eigenvalue weighted by atomic mass is 10.3. The van der Waals surface area contributed by atoms with Crippen molar-refractivity contribution in [1.29, 1.82) is 0 Å². The third kappa shape index (κ3) is 9.42. The molecule has 0 radical (unpaired) electrons. The number of guanidine groups is 1. The van der Waals surface area contributed by atoms with Crippen LogP contribution in [0.4, 0.5) is 19.0 Å².